The van der Waals surface area contributed by atoms with Gasteiger partial charge in [-0.25, -0.2) is 4.79 Å². The highest BCUT2D eigenvalue weighted by Gasteiger charge is 2.34. The number of likely N-dealkylation sites (tertiary alicyclic amines) is 1. The topological polar surface area (TPSA) is 64.6 Å². The summed E-state index contributed by atoms with van der Waals surface area (Å²) in [6.45, 7) is 4.59. The predicted molar refractivity (Wildman–Crippen MR) is 94.8 cm³/mol. The van der Waals surface area contributed by atoms with Gasteiger partial charge in [0.15, 0.2) is 0 Å². The van der Waals surface area contributed by atoms with Gasteiger partial charge in [-0.3, -0.25) is 4.90 Å². The molecule has 1 atom stereocenters. The molecular weight excluding hydrogens is 302 g/mol. The Kier molecular flexibility index (Phi) is 5.41. The molecule has 2 aliphatic rings. The first-order valence-electron chi connectivity index (χ1n) is 9.11. The van der Waals surface area contributed by atoms with Crippen molar-refractivity contribution in [2.75, 3.05) is 19.6 Å². The van der Waals surface area contributed by atoms with Gasteiger partial charge in [0.05, 0.1) is 5.60 Å². The lowest BCUT2D eigenvalue weighted by Gasteiger charge is -2.38. The van der Waals surface area contributed by atoms with Crippen molar-refractivity contribution in [2.45, 2.75) is 56.7 Å². The van der Waals surface area contributed by atoms with Gasteiger partial charge in [0, 0.05) is 31.7 Å². The van der Waals surface area contributed by atoms with Gasteiger partial charge in [-0.1, -0.05) is 30.3 Å². The van der Waals surface area contributed by atoms with Gasteiger partial charge in [-0.15, -0.1) is 0 Å². The van der Waals surface area contributed by atoms with E-state index in [0.29, 0.717) is 12.6 Å². The molecule has 1 saturated carbocycles. The third-order valence-electron chi connectivity index (χ3n) is 5.56. The summed E-state index contributed by atoms with van der Waals surface area (Å²) < 4.78 is 0. The molecule has 3 N–H and O–H groups in total. The Morgan fingerprint density at radius 1 is 1.29 bits per heavy atom. The highest BCUT2D eigenvalue weighted by molar-refractivity contribution is 5.74. The Morgan fingerprint density at radius 3 is 2.54 bits per heavy atom. The maximum Gasteiger partial charge on any atom is 0.315 e. The highest BCUT2D eigenvalue weighted by Crippen LogP contribution is 2.30. The maximum atomic E-state index is 12.0. The van der Waals surface area contributed by atoms with Gasteiger partial charge in [0.1, 0.15) is 0 Å². The largest absolute Gasteiger partial charge is 0.388 e. The lowest BCUT2D eigenvalue weighted by Crippen LogP contribution is -2.53. The lowest BCUT2D eigenvalue weighted by molar-refractivity contribution is -0.0291. The summed E-state index contributed by atoms with van der Waals surface area (Å²) in [5.41, 5.74) is 0.682. The molecule has 1 unspecified atom stereocenters. The van der Waals surface area contributed by atoms with Crippen molar-refractivity contribution in [3.05, 3.63) is 35.9 Å². The van der Waals surface area contributed by atoms with Crippen molar-refractivity contribution in [2.24, 2.45) is 0 Å². The second kappa shape index (κ2) is 7.53. The van der Waals surface area contributed by atoms with Crippen molar-refractivity contribution in [1.29, 1.82) is 0 Å². The number of hydrogen-bond acceptors (Lipinski definition) is 3. The van der Waals surface area contributed by atoms with Crippen LogP contribution in [0.2, 0.25) is 0 Å². The second-order valence-electron chi connectivity index (χ2n) is 7.30. The summed E-state index contributed by atoms with van der Waals surface area (Å²) in [5, 5.41) is 15.9. The van der Waals surface area contributed by atoms with Crippen LogP contribution < -0.4 is 10.6 Å². The number of amides is 2. The van der Waals surface area contributed by atoms with E-state index in [0.717, 1.165) is 45.2 Å². The van der Waals surface area contributed by atoms with Crippen LogP contribution in [0.5, 0.6) is 0 Å². The fraction of sp³-hybridized carbons (Fsp3) is 0.632. The fourth-order valence-electron chi connectivity index (χ4n) is 3.62. The Morgan fingerprint density at radius 2 is 1.96 bits per heavy atom. The zero-order valence-corrected chi connectivity index (χ0v) is 14.5. The summed E-state index contributed by atoms with van der Waals surface area (Å²) in [6, 6.07) is 11.0. The summed E-state index contributed by atoms with van der Waals surface area (Å²) in [7, 11) is 0. The van der Waals surface area contributed by atoms with Crippen LogP contribution in [0, 0.1) is 0 Å². The molecule has 1 aromatic rings. The number of rotatable bonds is 5. The van der Waals surface area contributed by atoms with Crippen molar-refractivity contribution < 1.29 is 9.90 Å². The molecule has 2 fully saturated rings. The molecule has 0 radical (unpaired) electrons. The Hall–Kier alpha value is -1.59. The van der Waals surface area contributed by atoms with E-state index in [1.54, 1.807) is 0 Å². The Bertz CT molecular complexity index is 537. The molecule has 5 nitrogen and oxygen atoms in total. The number of carbonyl (C=O) groups is 1. The highest BCUT2D eigenvalue weighted by atomic mass is 16.3. The fourth-order valence-corrected chi connectivity index (χ4v) is 3.62. The first kappa shape index (κ1) is 17.2. The summed E-state index contributed by atoms with van der Waals surface area (Å²) in [4.78, 5) is 14.5. The van der Waals surface area contributed by atoms with Crippen LogP contribution in [-0.2, 0) is 0 Å². The van der Waals surface area contributed by atoms with Crippen molar-refractivity contribution >= 4 is 6.03 Å². The zero-order valence-electron chi connectivity index (χ0n) is 14.5. The zero-order chi connectivity index (χ0) is 17.0. The molecule has 1 heterocycles. The minimum absolute atomic E-state index is 0.148. The number of nitrogens with zero attached hydrogens (tertiary/aromatic N) is 1. The molecule has 1 aliphatic heterocycles. The minimum Gasteiger partial charge on any atom is -0.388 e. The van der Waals surface area contributed by atoms with Gasteiger partial charge >= 0.3 is 6.03 Å². The molecule has 1 saturated heterocycles. The van der Waals surface area contributed by atoms with Crippen molar-refractivity contribution in [3.8, 4) is 0 Å². The minimum atomic E-state index is -0.661. The van der Waals surface area contributed by atoms with Crippen LogP contribution in [0.3, 0.4) is 0 Å². The number of hydrogen-bond donors (Lipinski definition) is 3. The van der Waals surface area contributed by atoms with Crippen LogP contribution in [-0.4, -0.2) is 47.3 Å². The molecule has 0 aromatic heterocycles. The summed E-state index contributed by atoms with van der Waals surface area (Å²) in [6.07, 6.45) is 4.58. The van der Waals surface area contributed by atoms with Crippen LogP contribution in [0.15, 0.2) is 30.3 Å². The van der Waals surface area contributed by atoms with Crippen LogP contribution in [0.4, 0.5) is 4.79 Å². The third-order valence-corrected chi connectivity index (χ3v) is 5.56. The van der Waals surface area contributed by atoms with E-state index in [4.69, 9.17) is 0 Å². The second-order valence-corrected chi connectivity index (χ2v) is 7.30. The van der Waals surface area contributed by atoms with E-state index in [1.165, 1.54) is 5.56 Å². The van der Waals surface area contributed by atoms with Gasteiger partial charge < -0.3 is 15.7 Å². The van der Waals surface area contributed by atoms with Crippen molar-refractivity contribution in [3.63, 3.8) is 0 Å². The predicted octanol–water partition coefficient (Wildman–Crippen LogP) is 2.43. The molecule has 0 spiro atoms. The van der Waals surface area contributed by atoms with E-state index in [1.807, 2.05) is 6.07 Å². The van der Waals surface area contributed by atoms with E-state index >= 15 is 0 Å². The molecular formula is C19H29N3O2. The maximum absolute atomic E-state index is 12.0. The van der Waals surface area contributed by atoms with Crippen LogP contribution >= 0.6 is 0 Å². The number of carbonyl (C=O) groups excluding carboxylic acids is 1. The Balaban J connectivity index is 1.39. The normalized spacial score (nSPS) is 22.4. The number of aliphatic hydroxyl groups is 1. The third kappa shape index (κ3) is 4.28. The SMILES string of the molecule is CC(c1ccccc1)N1CCC(NC(=O)NCC2(O)CCC2)CC1. The average Bonchev–Trinajstić information content (AvgIpc) is 2.59. The number of urea groups is 1. The number of nitrogens with one attached hydrogen (secondary N) is 2. The van der Waals surface area contributed by atoms with Crippen molar-refractivity contribution in [1.82, 2.24) is 15.5 Å². The Labute approximate surface area is 144 Å². The van der Waals surface area contributed by atoms with E-state index < -0.39 is 5.60 Å². The van der Waals surface area contributed by atoms with Gasteiger partial charge in [0.25, 0.3) is 0 Å². The molecule has 1 aliphatic carbocycles. The first-order chi connectivity index (χ1) is 11.6. The summed E-state index contributed by atoms with van der Waals surface area (Å²) in [5.74, 6) is 0. The van der Waals surface area contributed by atoms with E-state index in [9.17, 15) is 9.90 Å². The lowest BCUT2D eigenvalue weighted by atomic mass is 9.80. The van der Waals surface area contributed by atoms with E-state index in [-0.39, 0.29) is 12.1 Å². The standard InChI is InChI=1S/C19H29N3O2/c1-15(16-6-3-2-4-7-16)22-12-8-17(9-13-22)21-18(23)20-14-19(24)10-5-11-19/h2-4,6-7,15,17,24H,5,8-14H2,1H3,(H2,20,21,23). The molecule has 0 bridgehead atoms. The molecule has 1 aromatic carbocycles. The number of benzene rings is 1. The quantitative estimate of drug-likeness (QED) is 0.776. The molecule has 5 heteroatoms. The molecule has 3 rings (SSSR count). The molecule has 24 heavy (non-hydrogen) atoms. The average molecular weight is 331 g/mol. The summed E-state index contributed by atoms with van der Waals surface area (Å²) >= 11 is 0. The van der Waals surface area contributed by atoms with E-state index in [2.05, 4.69) is 46.7 Å². The van der Waals surface area contributed by atoms with Gasteiger partial charge in [-0.2, -0.15) is 0 Å². The van der Waals surface area contributed by atoms with Gasteiger partial charge in [-0.05, 0) is 44.6 Å². The molecule has 2 amide bonds. The monoisotopic (exact) mass is 331 g/mol. The molecule has 132 valence electrons. The first-order valence-corrected chi connectivity index (χ1v) is 9.11. The smallest absolute Gasteiger partial charge is 0.315 e. The van der Waals surface area contributed by atoms with Crippen LogP contribution in [0.1, 0.15) is 50.6 Å². The van der Waals surface area contributed by atoms with Crippen LogP contribution in [0.25, 0.3) is 0 Å². The van der Waals surface area contributed by atoms with Gasteiger partial charge in [0.2, 0.25) is 0 Å². The number of piperidine rings is 1.